The number of para-hydroxylation sites is 1. The van der Waals surface area contributed by atoms with Crippen LogP contribution in [0, 0.1) is 11.8 Å². The average Bonchev–Trinajstić information content (AvgIpc) is 2.93. The SMILES string of the molecule is NCC#Cc1ccc(CNC(=O)Cc2ccccc2O)s1. The summed E-state index contributed by atoms with van der Waals surface area (Å²) < 4.78 is 0. The molecule has 0 aliphatic carbocycles. The van der Waals surface area contributed by atoms with Crippen LogP contribution in [0.4, 0.5) is 0 Å². The molecule has 0 aliphatic heterocycles. The van der Waals surface area contributed by atoms with Crippen LogP contribution in [0.15, 0.2) is 36.4 Å². The van der Waals surface area contributed by atoms with Crippen molar-refractivity contribution in [3.05, 3.63) is 51.7 Å². The van der Waals surface area contributed by atoms with Gasteiger partial charge < -0.3 is 16.2 Å². The predicted molar refractivity (Wildman–Crippen MR) is 83.9 cm³/mol. The number of rotatable bonds is 4. The molecule has 4 nitrogen and oxygen atoms in total. The van der Waals surface area contributed by atoms with E-state index in [9.17, 15) is 9.90 Å². The van der Waals surface area contributed by atoms with Gasteiger partial charge in [0.1, 0.15) is 5.75 Å². The molecule has 0 spiro atoms. The number of nitrogens with two attached hydrogens (primary N) is 1. The summed E-state index contributed by atoms with van der Waals surface area (Å²) in [7, 11) is 0. The summed E-state index contributed by atoms with van der Waals surface area (Å²) in [6, 6.07) is 10.7. The van der Waals surface area contributed by atoms with Crippen molar-refractivity contribution >= 4 is 17.2 Å². The zero-order chi connectivity index (χ0) is 15.1. The Morgan fingerprint density at radius 3 is 2.86 bits per heavy atom. The Morgan fingerprint density at radius 1 is 1.29 bits per heavy atom. The van der Waals surface area contributed by atoms with E-state index in [0.29, 0.717) is 18.7 Å². The maximum Gasteiger partial charge on any atom is 0.224 e. The molecule has 0 aliphatic rings. The Labute approximate surface area is 127 Å². The molecule has 0 saturated heterocycles. The van der Waals surface area contributed by atoms with Crippen LogP contribution in [0.5, 0.6) is 5.75 Å². The molecule has 0 unspecified atom stereocenters. The fraction of sp³-hybridized carbons (Fsp3) is 0.188. The molecule has 0 atom stereocenters. The van der Waals surface area contributed by atoms with Crippen molar-refractivity contribution in [3.8, 4) is 17.6 Å². The first-order chi connectivity index (χ1) is 10.2. The third-order valence-corrected chi connectivity index (χ3v) is 3.78. The van der Waals surface area contributed by atoms with Crippen molar-refractivity contribution < 1.29 is 9.90 Å². The summed E-state index contributed by atoms with van der Waals surface area (Å²) in [6.45, 7) is 0.798. The molecule has 2 aromatic rings. The summed E-state index contributed by atoms with van der Waals surface area (Å²) in [5, 5.41) is 12.5. The molecule has 1 aromatic carbocycles. The van der Waals surface area contributed by atoms with Gasteiger partial charge in [-0.2, -0.15) is 0 Å². The fourth-order valence-corrected chi connectivity index (χ4v) is 2.58. The van der Waals surface area contributed by atoms with Crippen molar-refractivity contribution in [1.82, 2.24) is 5.32 Å². The molecule has 1 heterocycles. The highest BCUT2D eigenvalue weighted by atomic mass is 32.1. The predicted octanol–water partition coefficient (Wildman–Crippen LogP) is 1.62. The number of hydrogen-bond donors (Lipinski definition) is 3. The summed E-state index contributed by atoms with van der Waals surface area (Å²) >= 11 is 1.53. The number of phenols is 1. The van der Waals surface area contributed by atoms with Gasteiger partial charge in [0.2, 0.25) is 5.91 Å². The minimum absolute atomic E-state index is 0.125. The van der Waals surface area contributed by atoms with E-state index in [4.69, 9.17) is 5.73 Å². The summed E-state index contributed by atoms with van der Waals surface area (Å²) in [4.78, 5) is 13.8. The Hall–Kier alpha value is -2.29. The van der Waals surface area contributed by atoms with Gasteiger partial charge in [0, 0.05) is 10.4 Å². The first-order valence-corrected chi connectivity index (χ1v) is 7.32. The van der Waals surface area contributed by atoms with Gasteiger partial charge in [-0.05, 0) is 18.2 Å². The second kappa shape index (κ2) is 7.48. The van der Waals surface area contributed by atoms with E-state index >= 15 is 0 Å². The molecular formula is C16H16N2O2S. The maximum atomic E-state index is 11.9. The Morgan fingerprint density at radius 2 is 2.10 bits per heavy atom. The van der Waals surface area contributed by atoms with Gasteiger partial charge in [0.25, 0.3) is 0 Å². The standard InChI is InChI=1S/C16H16N2O2S/c17-9-3-5-13-7-8-14(21-13)11-18-16(20)10-12-4-1-2-6-15(12)19/h1-2,4,6-8,19H,9-11,17H2,(H,18,20). The van der Waals surface area contributed by atoms with E-state index in [-0.39, 0.29) is 18.1 Å². The van der Waals surface area contributed by atoms with Gasteiger partial charge in [-0.15, -0.1) is 11.3 Å². The third-order valence-electron chi connectivity index (χ3n) is 2.78. The normalized spacial score (nSPS) is 9.76. The van der Waals surface area contributed by atoms with Crippen molar-refractivity contribution in [2.24, 2.45) is 5.73 Å². The lowest BCUT2D eigenvalue weighted by atomic mass is 10.1. The minimum atomic E-state index is -0.125. The lowest BCUT2D eigenvalue weighted by Crippen LogP contribution is -2.24. The Bertz CT molecular complexity index is 683. The number of aromatic hydroxyl groups is 1. The van der Waals surface area contributed by atoms with Crippen LogP contribution in [-0.4, -0.2) is 17.6 Å². The summed E-state index contributed by atoms with van der Waals surface area (Å²) in [6.07, 6.45) is 0.165. The maximum absolute atomic E-state index is 11.9. The fourth-order valence-electron chi connectivity index (χ4n) is 1.76. The van der Waals surface area contributed by atoms with Gasteiger partial charge in [-0.25, -0.2) is 0 Å². The van der Waals surface area contributed by atoms with Crippen LogP contribution < -0.4 is 11.1 Å². The molecular weight excluding hydrogens is 284 g/mol. The minimum Gasteiger partial charge on any atom is -0.508 e. The molecule has 0 fully saturated rings. The van der Waals surface area contributed by atoms with Crippen LogP contribution in [0.1, 0.15) is 15.3 Å². The van der Waals surface area contributed by atoms with E-state index in [1.807, 2.05) is 12.1 Å². The van der Waals surface area contributed by atoms with Crippen molar-refractivity contribution in [2.45, 2.75) is 13.0 Å². The number of phenolic OH excluding ortho intramolecular Hbond substituents is 1. The Kier molecular flexibility index (Phi) is 5.38. The molecule has 21 heavy (non-hydrogen) atoms. The number of hydrogen-bond acceptors (Lipinski definition) is 4. The quantitative estimate of drug-likeness (QED) is 0.751. The van der Waals surface area contributed by atoms with Gasteiger partial charge >= 0.3 is 0 Å². The number of nitrogens with one attached hydrogen (secondary N) is 1. The molecule has 108 valence electrons. The van der Waals surface area contributed by atoms with Gasteiger partial charge in [0.05, 0.1) is 24.4 Å². The van der Waals surface area contributed by atoms with Crippen molar-refractivity contribution in [1.29, 1.82) is 0 Å². The highest BCUT2D eigenvalue weighted by Crippen LogP contribution is 2.17. The second-order valence-electron chi connectivity index (χ2n) is 4.35. The van der Waals surface area contributed by atoms with Gasteiger partial charge in [-0.1, -0.05) is 30.0 Å². The van der Waals surface area contributed by atoms with Crippen LogP contribution in [0.3, 0.4) is 0 Å². The van der Waals surface area contributed by atoms with E-state index < -0.39 is 0 Å². The van der Waals surface area contributed by atoms with E-state index in [1.54, 1.807) is 24.3 Å². The summed E-state index contributed by atoms with van der Waals surface area (Å²) in [5.74, 6) is 5.77. The van der Waals surface area contributed by atoms with Crippen LogP contribution in [0.2, 0.25) is 0 Å². The number of thiophene rings is 1. The first kappa shape index (κ1) is 15.1. The average molecular weight is 300 g/mol. The number of carbonyl (C=O) groups is 1. The van der Waals surface area contributed by atoms with Crippen molar-refractivity contribution in [3.63, 3.8) is 0 Å². The van der Waals surface area contributed by atoms with E-state index in [2.05, 4.69) is 17.2 Å². The van der Waals surface area contributed by atoms with E-state index in [1.165, 1.54) is 11.3 Å². The zero-order valence-electron chi connectivity index (χ0n) is 11.4. The molecule has 0 saturated carbocycles. The number of carbonyl (C=O) groups excluding carboxylic acids is 1. The highest BCUT2D eigenvalue weighted by Gasteiger charge is 2.07. The smallest absolute Gasteiger partial charge is 0.224 e. The topological polar surface area (TPSA) is 75.3 Å². The monoisotopic (exact) mass is 300 g/mol. The third kappa shape index (κ3) is 4.63. The molecule has 0 bridgehead atoms. The second-order valence-corrected chi connectivity index (χ2v) is 5.52. The van der Waals surface area contributed by atoms with E-state index in [0.717, 1.165) is 9.75 Å². The lowest BCUT2D eigenvalue weighted by molar-refractivity contribution is -0.120. The lowest BCUT2D eigenvalue weighted by Gasteiger charge is -2.05. The largest absolute Gasteiger partial charge is 0.508 e. The molecule has 1 aromatic heterocycles. The molecule has 5 heteroatoms. The zero-order valence-corrected chi connectivity index (χ0v) is 12.2. The van der Waals surface area contributed by atoms with Gasteiger partial charge in [0.15, 0.2) is 0 Å². The Balaban J connectivity index is 1.87. The van der Waals surface area contributed by atoms with Crippen molar-refractivity contribution in [2.75, 3.05) is 6.54 Å². The highest BCUT2D eigenvalue weighted by molar-refractivity contribution is 7.12. The van der Waals surface area contributed by atoms with Crippen LogP contribution in [0.25, 0.3) is 0 Å². The first-order valence-electron chi connectivity index (χ1n) is 6.50. The van der Waals surface area contributed by atoms with Crippen LogP contribution >= 0.6 is 11.3 Å². The molecule has 4 N–H and O–H groups in total. The number of amides is 1. The summed E-state index contributed by atoms with van der Waals surface area (Å²) in [5.41, 5.74) is 5.94. The molecule has 2 rings (SSSR count). The number of benzene rings is 1. The van der Waals surface area contributed by atoms with Gasteiger partial charge in [-0.3, -0.25) is 4.79 Å². The molecule has 1 amide bonds. The van der Waals surface area contributed by atoms with Crippen LogP contribution in [-0.2, 0) is 17.8 Å². The molecule has 0 radical (unpaired) electrons.